The average Bonchev–Trinajstić information content (AvgIpc) is 2.99. The average molecular weight is 283 g/mol. The summed E-state index contributed by atoms with van der Waals surface area (Å²) in [5, 5.41) is 11.2. The Morgan fingerprint density at radius 2 is 2.11 bits per heavy atom. The van der Waals surface area contributed by atoms with Crippen molar-refractivity contribution < 1.29 is 9.57 Å². The fraction of sp³-hybridized carbons (Fsp3) is 0.929. The molecule has 0 radical (unpaired) electrons. The molecule has 0 spiro atoms. The van der Waals surface area contributed by atoms with Gasteiger partial charge in [0, 0.05) is 5.41 Å². The summed E-state index contributed by atoms with van der Waals surface area (Å²) in [7, 11) is 0. The minimum Gasteiger partial charge on any atom is -0.352 e. The lowest BCUT2D eigenvalue weighted by atomic mass is 9.70. The molecule has 5 heteroatoms. The van der Waals surface area contributed by atoms with Crippen LogP contribution in [-0.2, 0) is 9.57 Å². The lowest BCUT2D eigenvalue weighted by molar-refractivity contribution is -0.175. The summed E-state index contributed by atoms with van der Waals surface area (Å²) in [6.45, 7) is 7.23. The minimum absolute atomic E-state index is 0.137. The topological polar surface area (TPSA) is 45.5 Å². The maximum Gasteiger partial charge on any atom is 0.197 e. The number of fused-ring (bicyclic) bond motifs is 7. The van der Waals surface area contributed by atoms with E-state index in [1.807, 2.05) is 5.06 Å². The van der Waals surface area contributed by atoms with Crippen molar-refractivity contribution in [2.24, 2.45) is 16.7 Å². The Labute approximate surface area is 118 Å². The first-order valence-corrected chi connectivity index (χ1v) is 7.40. The molecule has 6 atom stereocenters. The van der Waals surface area contributed by atoms with Gasteiger partial charge in [0.05, 0.1) is 18.2 Å². The van der Waals surface area contributed by atoms with Gasteiger partial charge in [0.2, 0.25) is 0 Å². The number of hydroxylamine groups is 2. The molecule has 0 N–H and O–H groups in total. The molecule has 2 bridgehead atoms. The number of rotatable bonds is 0. The van der Waals surface area contributed by atoms with E-state index in [0.29, 0.717) is 5.92 Å². The zero-order valence-corrected chi connectivity index (χ0v) is 12.3. The fourth-order valence-corrected chi connectivity index (χ4v) is 5.14. The van der Waals surface area contributed by atoms with Gasteiger partial charge in [-0.1, -0.05) is 32.4 Å². The van der Waals surface area contributed by atoms with Gasteiger partial charge in [-0.2, -0.15) is 10.3 Å². The largest absolute Gasteiger partial charge is 0.352 e. The normalized spacial score (nSPS) is 58.1. The van der Waals surface area contributed by atoms with Crippen molar-refractivity contribution in [1.82, 2.24) is 5.06 Å². The molecule has 0 unspecified atom stereocenters. The highest BCUT2D eigenvalue weighted by atomic mass is 35.5. The van der Waals surface area contributed by atoms with E-state index in [2.05, 4.69) is 26.8 Å². The Kier molecular flexibility index (Phi) is 2.14. The number of ether oxygens (including phenoxy) is 1. The van der Waals surface area contributed by atoms with E-state index < -0.39 is 11.1 Å². The Balaban J connectivity index is 1.75. The van der Waals surface area contributed by atoms with Crippen LogP contribution in [0.4, 0.5) is 0 Å². The van der Waals surface area contributed by atoms with E-state index in [9.17, 15) is 5.26 Å². The lowest BCUT2D eigenvalue weighted by Gasteiger charge is -2.38. The predicted molar refractivity (Wildman–Crippen MR) is 69.0 cm³/mol. The van der Waals surface area contributed by atoms with Crippen LogP contribution in [0.5, 0.6) is 0 Å². The molecule has 4 rings (SSSR count). The first-order chi connectivity index (χ1) is 8.85. The fourth-order valence-electron chi connectivity index (χ4n) is 4.94. The summed E-state index contributed by atoms with van der Waals surface area (Å²) < 4.78 is 6.23. The summed E-state index contributed by atoms with van der Waals surface area (Å²) in [5.74, 6) is 0.560. The second-order valence-electron chi connectivity index (χ2n) is 7.29. The number of nitriles is 1. The third-order valence-corrected chi connectivity index (χ3v) is 6.91. The molecule has 4 fully saturated rings. The second kappa shape index (κ2) is 3.28. The van der Waals surface area contributed by atoms with E-state index in [0.717, 1.165) is 0 Å². The number of hydrogen-bond donors (Lipinski definition) is 0. The van der Waals surface area contributed by atoms with Gasteiger partial charge in [-0.15, -0.1) is 0 Å². The van der Waals surface area contributed by atoms with Gasteiger partial charge in [0.15, 0.2) is 11.1 Å². The smallest absolute Gasteiger partial charge is 0.197 e. The highest BCUT2D eigenvalue weighted by Gasteiger charge is 2.74. The van der Waals surface area contributed by atoms with Crippen molar-refractivity contribution in [3.63, 3.8) is 0 Å². The number of halogens is 1. The van der Waals surface area contributed by atoms with Crippen molar-refractivity contribution in [1.29, 1.82) is 5.26 Å². The molecule has 2 aliphatic carbocycles. The third kappa shape index (κ3) is 1.14. The molecule has 2 aliphatic heterocycles. The van der Waals surface area contributed by atoms with Crippen molar-refractivity contribution >= 4 is 11.6 Å². The third-order valence-electron chi connectivity index (χ3n) is 6.53. The van der Waals surface area contributed by atoms with Gasteiger partial charge >= 0.3 is 0 Å². The lowest BCUT2D eigenvalue weighted by Crippen LogP contribution is -2.42. The monoisotopic (exact) mass is 282 g/mol. The summed E-state index contributed by atoms with van der Waals surface area (Å²) in [4.78, 5) is 4.69. The highest BCUT2D eigenvalue weighted by Crippen LogP contribution is 2.70. The minimum atomic E-state index is -1.05. The van der Waals surface area contributed by atoms with Gasteiger partial charge in [0.1, 0.15) is 6.61 Å². The molecule has 2 saturated carbocycles. The maximum absolute atomic E-state index is 9.28. The van der Waals surface area contributed by atoms with E-state index >= 15 is 0 Å². The van der Waals surface area contributed by atoms with Crippen LogP contribution in [0, 0.1) is 28.1 Å². The molecule has 2 saturated heterocycles. The maximum atomic E-state index is 9.28. The van der Waals surface area contributed by atoms with Gasteiger partial charge in [0.25, 0.3) is 0 Å². The molecule has 4 nitrogen and oxygen atoms in total. The quantitative estimate of drug-likeness (QED) is 0.640. The van der Waals surface area contributed by atoms with Crippen LogP contribution in [-0.4, -0.2) is 34.9 Å². The molecule has 19 heavy (non-hydrogen) atoms. The molecule has 2 heterocycles. The SMILES string of the molecule is CC1(C)[C@@H]2CC[C@@]1(C)[C@@H]1O[C@@H]3N(OC[C@]3(Cl)C#N)[C@H]21. The van der Waals surface area contributed by atoms with Crippen LogP contribution in [0.3, 0.4) is 0 Å². The van der Waals surface area contributed by atoms with Crippen LogP contribution in [0.2, 0.25) is 0 Å². The number of nitrogens with zero attached hydrogens (tertiary/aromatic N) is 2. The van der Waals surface area contributed by atoms with E-state index in [-0.39, 0.29) is 29.6 Å². The summed E-state index contributed by atoms with van der Waals surface area (Å²) >= 11 is 6.35. The highest BCUT2D eigenvalue weighted by molar-refractivity contribution is 6.26. The number of alkyl halides is 1. The van der Waals surface area contributed by atoms with Crippen molar-refractivity contribution in [3.8, 4) is 6.07 Å². The van der Waals surface area contributed by atoms with Crippen molar-refractivity contribution in [3.05, 3.63) is 0 Å². The molecular weight excluding hydrogens is 264 g/mol. The van der Waals surface area contributed by atoms with Crippen molar-refractivity contribution in [2.75, 3.05) is 6.61 Å². The summed E-state index contributed by atoms with van der Waals surface area (Å²) in [5.41, 5.74) is 0.407. The Morgan fingerprint density at radius 3 is 2.79 bits per heavy atom. The summed E-state index contributed by atoms with van der Waals surface area (Å²) in [6.07, 6.45) is 2.12. The van der Waals surface area contributed by atoms with Crippen LogP contribution >= 0.6 is 11.6 Å². The standard InChI is InChI=1S/C14H19ClN2O2/c1-12(2)8-4-5-13(12,3)10-9(8)17-11(19-10)14(15,6-16)7-18-17/h8-11H,4-5,7H2,1-3H3/t8-,9-,10-,11+,13+,14-/m1/s1. The molecule has 0 aromatic carbocycles. The number of hydrogen-bond acceptors (Lipinski definition) is 4. The predicted octanol–water partition coefficient (Wildman–Crippen LogP) is 2.28. The molecule has 0 aromatic rings. The van der Waals surface area contributed by atoms with Gasteiger partial charge in [-0.25, -0.2) is 0 Å². The Morgan fingerprint density at radius 1 is 1.37 bits per heavy atom. The van der Waals surface area contributed by atoms with Gasteiger partial charge < -0.3 is 4.74 Å². The van der Waals surface area contributed by atoms with Crippen LogP contribution < -0.4 is 0 Å². The van der Waals surface area contributed by atoms with Crippen LogP contribution in [0.25, 0.3) is 0 Å². The van der Waals surface area contributed by atoms with Crippen LogP contribution in [0.15, 0.2) is 0 Å². The summed E-state index contributed by atoms with van der Waals surface area (Å²) in [6, 6.07) is 2.42. The first-order valence-electron chi connectivity index (χ1n) is 7.02. The van der Waals surface area contributed by atoms with Crippen molar-refractivity contribution in [2.45, 2.75) is 56.9 Å². The Hall–Kier alpha value is -0.340. The zero-order valence-electron chi connectivity index (χ0n) is 11.5. The Bertz CT molecular complexity index is 490. The van der Waals surface area contributed by atoms with Crippen LogP contribution in [0.1, 0.15) is 33.6 Å². The van der Waals surface area contributed by atoms with E-state index in [4.69, 9.17) is 21.2 Å². The van der Waals surface area contributed by atoms with E-state index in [1.54, 1.807) is 0 Å². The first kappa shape index (κ1) is 12.4. The molecule has 0 aromatic heterocycles. The van der Waals surface area contributed by atoms with E-state index in [1.165, 1.54) is 12.8 Å². The zero-order chi connectivity index (χ0) is 13.6. The molecular formula is C14H19ClN2O2. The molecule has 4 aliphatic rings. The second-order valence-corrected chi connectivity index (χ2v) is 7.97. The molecule has 104 valence electrons. The van der Waals surface area contributed by atoms with Gasteiger partial charge in [-0.3, -0.25) is 4.84 Å². The van der Waals surface area contributed by atoms with Gasteiger partial charge in [-0.05, 0) is 24.2 Å². The molecule has 0 amide bonds.